The van der Waals surface area contributed by atoms with Crippen molar-refractivity contribution in [1.82, 2.24) is 19.8 Å². The molecule has 0 radical (unpaired) electrons. The molecule has 1 aliphatic carbocycles. The Hall–Kier alpha value is -4.51. The number of hydrogen-bond acceptors (Lipinski definition) is 11. The molecule has 3 aliphatic rings. The minimum atomic E-state index is -1.18. The number of fused-ring (bicyclic) bond motifs is 1. The van der Waals surface area contributed by atoms with Crippen molar-refractivity contribution in [3.05, 3.63) is 51.2 Å². The number of benzene rings is 1. The van der Waals surface area contributed by atoms with Crippen LogP contribution in [0.2, 0.25) is 0 Å². The third-order valence-electron chi connectivity index (χ3n) is 8.97. The van der Waals surface area contributed by atoms with E-state index in [2.05, 4.69) is 4.90 Å². The third-order valence-corrected chi connectivity index (χ3v) is 8.97. The van der Waals surface area contributed by atoms with Crippen LogP contribution in [-0.2, 0) is 27.8 Å². The van der Waals surface area contributed by atoms with Gasteiger partial charge in [0.25, 0.3) is 0 Å². The van der Waals surface area contributed by atoms with Gasteiger partial charge in [0.05, 0.1) is 36.0 Å². The Morgan fingerprint density at radius 2 is 1.95 bits per heavy atom. The molecule has 0 bridgehead atoms. The number of carbonyl (C=O) groups excluding carboxylic acids is 1. The molecular weight excluding hydrogens is 556 g/mol. The summed E-state index contributed by atoms with van der Waals surface area (Å²) in [6.07, 6.45) is 0.651. The summed E-state index contributed by atoms with van der Waals surface area (Å²) in [5.74, 6) is -0.0952. The average Bonchev–Trinajstić information content (AvgIpc) is 2.95. The lowest BCUT2D eigenvalue weighted by atomic mass is 9.67. The number of nitrogens with zero attached hydrogens (tertiary/aromatic N) is 8. The first-order valence-electron chi connectivity index (χ1n) is 14.3. The number of methoxy groups -OCH3 is 1. The van der Waals surface area contributed by atoms with Gasteiger partial charge in [-0.05, 0) is 44.5 Å². The Morgan fingerprint density at radius 3 is 2.60 bits per heavy atom. The van der Waals surface area contributed by atoms with E-state index in [9.17, 15) is 30.1 Å². The Labute approximate surface area is 249 Å². The molecule has 14 heteroatoms. The maximum absolute atomic E-state index is 13.6. The lowest BCUT2D eigenvalue weighted by Gasteiger charge is -2.43. The lowest BCUT2D eigenvalue weighted by Crippen LogP contribution is -2.58. The zero-order valence-corrected chi connectivity index (χ0v) is 24.6. The molecule has 2 fully saturated rings. The normalized spacial score (nSPS) is 22.0. The summed E-state index contributed by atoms with van der Waals surface area (Å²) in [5, 5.41) is 31.9. The second kappa shape index (κ2) is 12.0. The highest BCUT2D eigenvalue weighted by Gasteiger charge is 2.48. The molecular formula is C29H36N8O6. The van der Waals surface area contributed by atoms with Gasteiger partial charge < -0.3 is 29.4 Å². The summed E-state index contributed by atoms with van der Waals surface area (Å²) in [6, 6.07) is 9.22. The molecule has 43 heavy (non-hydrogen) atoms. The molecule has 1 unspecified atom stereocenters. The number of amides is 1. The van der Waals surface area contributed by atoms with Gasteiger partial charge in [-0.25, -0.2) is 9.78 Å². The second-order valence-electron chi connectivity index (χ2n) is 11.6. The van der Waals surface area contributed by atoms with Gasteiger partial charge in [-0.15, -0.1) is 0 Å². The van der Waals surface area contributed by atoms with Crippen LogP contribution in [0.25, 0.3) is 0 Å². The zero-order chi connectivity index (χ0) is 30.9. The summed E-state index contributed by atoms with van der Waals surface area (Å²) in [4.78, 5) is 54.1. The summed E-state index contributed by atoms with van der Waals surface area (Å²) in [5.41, 5.74) is 0.406. The molecule has 2 aliphatic heterocycles. The Kier molecular flexibility index (Phi) is 8.36. The van der Waals surface area contributed by atoms with Crippen molar-refractivity contribution in [1.29, 1.82) is 5.26 Å². The number of carbonyl (C=O) groups is 2. The van der Waals surface area contributed by atoms with Crippen LogP contribution in [0, 0.1) is 21.4 Å². The van der Waals surface area contributed by atoms with Crippen LogP contribution in [-0.4, -0.2) is 108 Å². The molecule has 3 heterocycles. The molecule has 2 aromatic rings. The number of esters is 1. The van der Waals surface area contributed by atoms with E-state index in [1.54, 1.807) is 4.90 Å². The Morgan fingerprint density at radius 1 is 1.21 bits per heavy atom. The predicted octanol–water partition coefficient (Wildman–Crippen LogP) is 2.21. The van der Waals surface area contributed by atoms with Crippen LogP contribution >= 0.6 is 0 Å². The number of piperazine rings is 1. The van der Waals surface area contributed by atoms with Gasteiger partial charge in [0, 0.05) is 45.2 Å². The topological polar surface area (TPSA) is 169 Å². The second-order valence-corrected chi connectivity index (χ2v) is 11.6. The number of rotatable bonds is 8. The standard InChI is InChI=1S/C29H36N8O6/c1-33(2)21-17-35(18-21)27-31-23(15-29(26(38)43-3)11-6-8-19-7-4-5-9-22(19)29)24(37(41)42)25(32-27)34-13-14-36(28(39)40)20(16-34)10-12-30/h4-5,7,9,20-21H,6,8,10-11,13-18H2,1-3H3,(H,39,40)/t20-,29?/m0/s1. The number of likely N-dealkylation sites (N-methyl/N-ethyl adjacent to an activating group) is 1. The van der Waals surface area contributed by atoms with E-state index in [1.165, 1.54) is 12.0 Å². The number of ether oxygens (including phenoxy) is 1. The molecule has 2 atom stereocenters. The Bertz CT molecular complexity index is 1450. The van der Waals surface area contributed by atoms with Crippen LogP contribution in [0.4, 0.5) is 22.2 Å². The highest BCUT2D eigenvalue weighted by Crippen LogP contribution is 2.44. The molecule has 14 nitrogen and oxygen atoms in total. The molecule has 1 aromatic heterocycles. The van der Waals surface area contributed by atoms with Crippen molar-refractivity contribution >= 4 is 29.5 Å². The van der Waals surface area contributed by atoms with Crippen LogP contribution in [0.15, 0.2) is 24.3 Å². The summed E-state index contributed by atoms with van der Waals surface area (Å²) in [6.45, 7) is 1.51. The first kappa shape index (κ1) is 30.0. The van der Waals surface area contributed by atoms with E-state index < -0.39 is 28.4 Å². The number of aryl methyl sites for hydroxylation is 1. The van der Waals surface area contributed by atoms with E-state index in [0.29, 0.717) is 31.9 Å². The van der Waals surface area contributed by atoms with Crippen molar-refractivity contribution in [2.75, 3.05) is 63.7 Å². The van der Waals surface area contributed by atoms with Crippen LogP contribution in [0.3, 0.4) is 0 Å². The maximum atomic E-state index is 13.6. The molecule has 5 rings (SSSR count). The van der Waals surface area contributed by atoms with Crippen molar-refractivity contribution in [3.8, 4) is 6.07 Å². The molecule has 1 aromatic carbocycles. The van der Waals surface area contributed by atoms with E-state index in [1.807, 2.05) is 49.3 Å². The molecule has 0 saturated carbocycles. The summed E-state index contributed by atoms with van der Waals surface area (Å²) >= 11 is 0. The number of anilines is 2. The first-order valence-corrected chi connectivity index (χ1v) is 14.3. The zero-order valence-electron chi connectivity index (χ0n) is 24.6. The number of hydrogen-bond donors (Lipinski definition) is 1. The quantitative estimate of drug-likeness (QED) is 0.270. The number of carboxylic acid groups (broad SMARTS) is 1. The number of nitro groups is 1. The first-order chi connectivity index (χ1) is 20.6. The van der Waals surface area contributed by atoms with Gasteiger partial charge in [0.2, 0.25) is 11.8 Å². The summed E-state index contributed by atoms with van der Waals surface area (Å²) < 4.78 is 5.32. The van der Waals surface area contributed by atoms with E-state index >= 15 is 0 Å². The molecule has 1 amide bonds. The van der Waals surface area contributed by atoms with Gasteiger partial charge in [-0.1, -0.05) is 24.3 Å². The van der Waals surface area contributed by atoms with Gasteiger partial charge in [0.15, 0.2) is 0 Å². The highest BCUT2D eigenvalue weighted by atomic mass is 16.6. The molecule has 2 saturated heterocycles. The average molecular weight is 593 g/mol. The van der Waals surface area contributed by atoms with Crippen molar-refractivity contribution < 1.29 is 24.4 Å². The minimum Gasteiger partial charge on any atom is -0.468 e. The molecule has 228 valence electrons. The SMILES string of the molecule is COC(=O)C1(Cc2nc(N3CC(N(C)C)C3)nc(N3CCN(C(=O)O)[C@@H](CC#N)C3)c2[N+](=O)[O-])CCCc2ccccc21. The van der Waals surface area contributed by atoms with E-state index in [4.69, 9.17) is 14.7 Å². The number of nitriles is 1. The smallest absolute Gasteiger partial charge is 0.407 e. The van der Waals surface area contributed by atoms with Crippen LogP contribution in [0.1, 0.15) is 36.1 Å². The molecule has 1 N–H and O–H groups in total. The van der Waals surface area contributed by atoms with Crippen LogP contribution < -0.4 is 9.80 Å². The lowest BCUT2D eigenvalue weighted by molar-refractivity contribution is -0.385. The fourth-order valence-electron chi connectivity index (χ4n) is 6.54. The number of aromatic nitrogens is 2. The molecule has 0 spiro atoms. The van der Waals surface area contributed by atoms with Gasteiger partial charge >= 0.3 is 17.7 Å². The summed E-state index contributed by atoms with van der Waals surface area (Å²) in [7, 11) is 5.28. The van der Waals surface area contributed by atoms with E-state index in [-0.39, 0.29) is 55.7 Å². The van der Waals surface area contributed by atoms with Crippen molar-refractivity contribution in [3.63, 3.8) is 0 Å². The van der Waals surface area contributed by atoms with Crippen molar-refractivity contribution in [2.24, 2.45) is 0 Å². The van der Waals surface area contributed by atoms with Gasteiger partial charge in [0.1, 0.15) is 5.69 Å². The van der Waals surface area contributed by atoms with E-state index in [0.717, 1.165) is 17.5 Å². The monoisotopic (exact) mass is 592 g/mol. The van der Waals surface area contributed by atoms with Crippen molar-refractivity contribution in [2.45, 2.75) is 49.6 Å². The fraction of sp³-hybridized carbons (Fsp3) is 0.552. The largest absolute Gasteiger partial charge is 0.468 e. The predicted molar refractivity (Wildman–Crippen MR) is 156 cm³/mol. The van der Waals surface area contributed by atoms with Crippen LogP contribution in [0.5, 0.6) is 0 Å². The van der Waals surface area contributed by atoms with Gasteiger partial charge in [-0.3, -0.25) is 14.9 Å². The minimum absolute atomic E-state index is 0.0550. The maximum Gasteiger partial charge on any atom is 0.407 e. The third kappa shape index (κ3) is 5.52. The van der Waals surface area contributed by atoms with Gasteiger partial charge in [-0.2, -0.15) is 10.2 Å². The Balaban J connectivity index is 1.64. The highest BCUT2D eigenvalue weighted by molar-refractivity contribution is 5.85. The fourth-order valence-corrected chi connectivity index (χ4v) is 6.54.